The molecule has 16 heteroatoms. The molecule has 1 atom stereocenters. The van der Waals surface area contributed by atoms with Gasteiger partial charge in [-0.15, -0.1) is 0 Å². The van der Waals surface area contributed by atoms with Crippen LogP contribution >= 0.6 is 0 Å². The van der Waals surface area contributed by atoms with Crippen molar-refractivity contribution in [1.29, 1.82) is 0 Å². The van der Waals surface area contributed by atoms with E-state index >= 15 is 0 Å². The van der Waals surface area contributed by atoms with E-state index in [1.807, 2.05) is 0 Å². The molecular formula is C8H3F15O. The van der Waals surface area contributed by atoms with Gasteiger partial charge in [-0.2, -0.15) is 61.5 Å². The number of methoxy groups -OCH3 is 1. The number of ether oxygens (including phenoxy) is 1. The van der Waals surface area contributed by atoms with Crippen LogP contribution in [-0.2, 0) is 4.74 Å². The first-order valence-corrected chi connectivity index (χ1v) is 4.95. The Morgan fingerprint density at radius 1 is 0.458 bits per heavy atom. The van der Waals surface area contributed by atoms with Crippen LogP contribution in [0.15, 0.2) is 0 Å². The summed E-state index contributed by atoms with van der Waals surface area (Å²) in [5, 5.41) is 0. The molecule has 1 unspecified atom stereocenters. The normalized spacial score (nSPS) is 18.5. The fourth-order valence-corrected chi connectivity index (χ4v) is 1.36. The number of alkyl halides is 15. The van der Waals surface area contributed by atoms with Gasteiger partial charge >= 0.3 is 41.9 Å². The minimum Gasteiger partial charge on any atom is -0.337 e. The van der Waals surface area contributed by atoms with Gasteiger partial charge in [-0.25, -0.2) is 4.39 Å². The highest BCUT2D eigenvalue weighted by Crippen LogP contribution is 2.63. The van der Waals surface area contributed by atoms with Crippen LogP contribution in [0.3, 0.4) is 0 Å². The molecule has 0 aliphatic heterocycles. The Hall–Kier alpha value is -1.09. The Bertz CT molecular complexity index is 442. The highest BCUT2D eigenvalue weighted by molar-refractivity contribution is 5.15. The highest BCUT2D eigenvalue weighted by Gasteiger charge is 2.95. The molecule has 0 aliphatic carbocycles. The van der Waals surface area contributed by atoms with Gasteiger partial charge < -0.3 is 4.74 Å². The van der Waals surface area contributed by atoms with Crippen LogP contribution in [0.25, 0.3) is 0 Å². The van der Waals surface area contributed by atoms with Crippen molar-refractivity contribution < 1.29 is 70.6 Å². The van der Waals surface area contributed by atoms with Crippen molar-refractivity contribution in [3.05, 3.63) is 0 Å². The van der Waals surface area contributed by atoms with Crippen LogP contribution in [0, 0.1) is 0 Å². The van der Waals surface area contributed by atoms with Gasteiger partial charge in [-0.05, 0) is 0 Å². The monoisotopic (exact) mass is 400 g/mol. The molecule has 24 heavy (non-hydrogen) atoms. The van der Waals surface area contributed by atoms with E-state index in [0.29, 0.717) is 0 Å². The van der Waals surface area contributed by atoms with E-state index in [0.717, 1.165) is 0 Å². The maximum atomic E-state index is 13.1. The molecule has 0 saturated carbocycles. The summed E-state index contributed by atoms with van der Waals surface area (Å²) in [7, 11) is -0.710. The molecular weight excluding hydrogens is 397 g/mol. The van der Waals surface area contributed by atoms with Crippen LogP contribution in [0.4, 0.5) is 65.9 Å². The van der Waals surface area contributed by atoms with E-state index in [-0.39, 0.29) is 0 Å². The van der Waals surface area contributed by atoms with Crippen molar-refractivity contribution >= 4 is 0 Å². The maximum Gasteiger partial charge on any atom is 0.455 e. The zero-order valence-corrected chi connectivity index (χ0v) is 10.6. The van der Waals surface area contributed by atoms with Gasteiger partial charge in [0.1, 0.15) is 0 Å². The Morgan fingerprint density at radius 2 is 0.750 bits per heavy atom. The second kappa shape index (κ2) is 5.45. The third kappa shape index (κ3) is 2.65. The minimum atomic E-state index is -8.31. The molecule has 0 saturated heterocycles. The molecule has 0 spiro atoms. The fourth-order valence-electron chi connectivity index (χ4n) is 1.36. The standard InChI is InChI=1S/C8H3F15O/c1-24-5(14,8(21,22)23)4(12,13)3(10,11)2(9,6(15,16)17)7(18,19)20/h1H3. The molecule has 0 rings (SSSR count). The van der Waals surface area contributed by atoms with Gasteiger partial charge in [0.2, 0.25) is 0 Å². The van der Waals surface area contributed by atoms with Crippen molar-refractivity contribution in [2.75, 3.05) is 7.11 Å². The number of hydrogen-bond acceptors (Lipinski definition) is 1. The van der Waals surface area contributed by atoms with Crippen molar-refractivity contribution in [3.8, 4) is 0 Å². The molecule has 0 heterocycles. The summed E-state index contributed by atoms with van der Waals surface area (Å²) in [6.07, 6.45) is -23.0. The first-order chi connectivity index (χ1) is 10.1. The molecule has 0 radical (unpaired) electrons. The van der Waals surface area contributed by atoms with Gasteiger partial charge in [0, 0.05) is 7.11 Å². The maximum absolute atomic E-state index is 13.1. The van der Waals surface area contributed by atoms with Gasteiger partial charge in [0.25, 0.3) is 0 Å². The topological polar surface area (TPSA) is 9.23 Å². The second-order valence-corrected chi connectivity index (χ2v) is 4.10. The Kier molecular flexibility index (Phi) is 5.21. The van der Waals surface area contributed by atoms with E-state index in [1.54, 1.807) is 0 Å². The summed E-state index contributed by atoms with van der Waals surface area (Å²) in [4.78, 5) is 0. The highest BCUT2D eigenvalue weighted by atomic mass is 19.4. The first kappa shape index (κ1) is 22.9. The molecule has 0 N–H and O–H groups in total. The summed E-state index contributed by atoms with van der Waals surface area (Å²) in [6.45, 7) is 0. The summed E-state index contributed by atoms with van der Waals surface area (Å²) in [6, 6.07) is 0. The molecule has 1 nitrogen and oxygen atoms in total. The average Bonchev–Trinajstić information content (AvgIpc) is 2.31. The van der Waals surface area contributed by atoms with Crippen LogP contribution < -0.4 is 0 Å². The molecule has 0 aromatic rings. The Labute approximate surface area is 121 Å². The lowest BCUT2D eigenvalue weighted by atomic mass is 9.87. The third-order valence-electron chi connectivity index (χ3n) is 2.66. The lowest BCUT2D eigenvalue weighted by Crippen LogP contribution is -2.76. The molecule has 0 fully saturated rings. The van der Waals surface area contributed by atoms with Crippen LogP contribution in [-0.4, -0.2) is 49.0 Å². The Morgan fingerprint density at radius 3 is 0.917 bits per heavy atom. The van der Waals surface area contributed by atoms with E-state index in [1.165, 1.54) is 0 Å². The summed E-state index contributed by atoms with van der Waals surface area (Å²) < 4.78 is 190. The summed E-state index contributed by atoms with van der Waals surface area (Å²) >= 11 is 0. The average molecular weight is 400 g/mol. The van der Waals surface area contributed by atoms with Crippen molar-refractivity contribution in [2.24, 2.45) is 0 Å². The predicted octanol–water partition coefficient (Wildman–Crippen LogP) is 4.96. The van der Waals surface area contributed by atoms with Crippen LogP contribution in [0.2, 0.25) is 0 Å². The smallest absolute Gasteiger partial charge is 0.337 e. The third-order valence-corrected chi connectivity index (χ3v) is 2.66. The van der Waals surface area contributed by atoms with Crippen molar-refractivity contribution in [3.63, 3.8) is 0 Å². The minimum absolute atomic E-state index is 0.710. The predicted molar refractivity (Wildman–Crippen MR) is 42.7 cm³/mol. The zero-order valence-electron chi connectivity index (χ0n) is 10.6. The lowest BCUT2D eigenvalue weighted by molar-refractivity contribution is -0.479. The largest absolute Gasteiger partial charge is 0.455 e. The van der Waals surface area contributed by atoms with Gasteiger partial charge in [-0.1, -0.05) is 0 Å². The fraction of sp³-hybridized carbons (Fsp3) is 1.00. The molecule has 0 bridgehead atoms. The van der Waals surface area contributed by atoms with Gasteiger partial charge in [-0.3, -0.25) is 0 Å². The summed E-state index contributed by atoms with van der Waals surface area (Å²) in [5.74, 6) is -23.4. The Balaban J connectivity index is 6.78. The van der Waals surface area contributed by atoms with Gasteiger partial charge in [0.15, 0.2) is 0 Å². The molecule has 0 aliphatic rings. The lowest BCUT2D eigenvalue weighted by Gasteiger charge is -2.43. The number of hydrogen-bond donors (Lipinski definition) is 0. The SMILES string of the molecule is COC(F)(C(F)(F)F)C(F)(F)C(F)(F)C(F)(C(F)(F)F)C(F)(F)F. The van der Waals surface area contributed by atoms with Crippen LogP contribution in [0.1, 0.15) is 0 Å². The molecule has 0 aromatic heterocycles. The van der Waals surface area contributed by atoms with E-state index in [4.69, 9.17) is 0 Å². The van der Waals surface area contributed by atoms with Crippen LogP contribution in [0.5, 0.6) is 0 Å². The van der Waals surface area contributed by atoms with Gasteiger partial charge in [0.05, 0.1) is 0 Å². The van der Waals surface area contributed by atoms with E-state index in [2.05, 4.69) is 4.74 Å². The summed E-state index contributed by atoms with van der Waals surface area (Å²) in [5.41, 5.74) is -8.22. The second-order valence-electron chi connectivity index (χ2n) is 4.10. The zero-order chi connectivity index (χ0) is 20.2. The number of rotatable bonds is 4. The van der Waals surface area contributed by atoms with E-state index in [9.17, 15) is 65.9 Å². The molecule has 0 amide bonds. The molecule has 146 valence electrons. The number of halogens is 15. The molecule has 0 aromatic carbocycles. The quantitative estimate of drug-likeness (QED) is 0.606. The van der Waals surface area contributed by atoms with E-state index < -0.39 is 49.0 Å². The first-order valence-electron chi connectivity index (χ1n) is 4.95. The van der Waals surface area contributed by atoms with Crippen molar-refractivity contribution in [1.82, 2.24) is 0 Å². The van der Waals surface area contributed by atoms with Crippen molar-refractivity contribution in [2.45, 2.75) is 41.9 Å².